The standard InChI is InChI=1S/C17H26N2O3/c1-11(2)8-12(3)10-22-13-6-7-15-14(9-13)16(18)19-17(15,20-4)21-5/h6-7,9,11-12H,8,10H2,1-5H3,(H2,18,19). The van der Waals surface area contributed by atoms with Crippen LogP contribution in [0.15, 0.2) is 23.2 Å². The van der Waals surface area contributed by atoms with Crippen LogP contribution in [0.1, 0.15) is 38.3 Å². The lowest BCUT2D eigenvalue weighted by atomic mass is 10.00. The summed E-state index contributed by atoms with van der Waals surface area (Å²) in [6.45, 7) is 7.33. The molecule has 1 heterocycles. The third kappa shape index (κ3) is 3.25. The Morgan fingerprint density at radius 2 is 1.86 bits per heavy atom. The zero-order chi connectivity index (χ0) is 16.3. The molecule has 0 radical (unpaired) electrons. The predicted octanol–water partition coefficient (Wildman–Crippen LogP) is 2.87. The highest BCUT2D eigenvalue weighted by molar-refractivity contribution is 6.01. The summed E-state index contributed by atoms with van der Waals surface area (Å²) in [6, 6.07) is 5.70. The summed E-state index contributed by atoms with van der Waals surface area (Å²) < 4.78 is 16.7. The van der Waals surface area contributed by atoms with Gasteiger partial charge in [0.05, 0.1) is 6.61 Å². The van der Waals surface area contributed by atoms with Gasteiger partial charge in [-0.3, -0.25) is 0 Å². The Labute approximate surface area is 132 Å². The first-order valence-electron chi connectivity index (χ1n) is 7.65. The highest BCUT2D eigenvalue weighted by atomic mass is 16.7. The molecule has 0 fully saturated rings. The normalized spacial score (nSPS) is 17.3. The van der Waals surface area contributed by atoms with E-state index in [0.29, 0.717) is 24.3 Å². The predicted molar refractivity (Wildman–Crippen MR) is 87.0 cm³/mol. The maximum Gasteiger partial charge on any atom is 0.300 e. The van der Waals surface area contributed by atoms with Crippen LogP contribution in [0.4, 0.5) is 0 Å². The number of ether oxygens (including phenoxy) is 3. The number of hydrogen-bond acceptors (Lipinski definition) is 5. The van der Waals surface area contributed by atoms with Gasteiger partial charge < -0.3 is 19.9 Å². The van der Waals surface area contributed by atoms with E-state index in [1.54, 1.807) is 14.2 Å². The maximum absolute atomic E-state index is 6.00. The molecule has 1 aromatic rings. The zero-order valence-electron chi connectivity index (χ0n) is 14.1. The van der Waals surface area contributed by atoms with Gasteiger partial charge in [0, 0.05) is 25.3 Å². The SMILES string of the molecule is COC1(OC)N=C(N)c2cc(OCC(C)CC(C)C)ccc21. The van der Waals surface area contributed by atoms with Crippen molar-refractivity contribution in [2.24, 2.45) is 22.6 Å². The molecule has 2 N–H and O–H groups in total. The van der Waals surface area contributed by atoms with Gasteiger partial charge in [0.15, 0.2) is 0 Å². The van der Waals surface area contributed by atoms with Gasteiger partial charge in [0.25, 0.3) is 5.91 Å². The summed E-state index contributed by atoms with van der Waals surface area (Å²) in [5, 5.41) is 0. The van der Waals surface area contributed by atoms with Crippen molar-refractivity contribution in [2.75, 3.05) is 20.8 Å². The van der Waals surface area contributed by atoms with E-state index in [1.165, 1.54) is 0 Å². The fourth-order valence-corrected chi connectivity index (χ4v) is 2.89. The second-order valence-corrected chi connectivity index (χ2v) is 6.24. The summed E-state index contributed by atoms with van der Waals surface area (Å²) >= 11 is 0. The Morgan fingerprint density at radius 1 is 1.18 bits per heavy atom. The Kier molecular flexibility index (Phi) is 5.08. The van der Waals surface area contributed by atoms with Gasteiger partial charge in [-0.2, -0.15) is 0 Å². The van der Waals surface area contributed by atoms with Crippen LogP contribution >= 0.6 is 0 Å². The quantitative estimate of drug-likeness (QED) is 0.787. The van der Waals surface area contributed by atoms with E-state index in [9.17, 15) is 0 Å². The van der Waals surface area contributed by atoms with Gasteiger partial charge in [-0.05, 0) is 36.5 Å². The molecule has 1 unspecified atom stereocenters. The molecule has 0 amide bonds. The van der Waals surface area contributed by atoms with Crippen LogP contribution in [0.25, 0.3) is 0 Å². The first-order chi connectivity index (χ1) is 10.4. The average Bonchev–Trinajstić information content (AvgIpc) is 2.77. The first-order valence-corrected chi connectivity index (χ1v) is 7.65. The summed E-state index contributed by atoms with van der Waals surface area (Å²) in [6.07, 6.45) is 1.14. The number of rotatable bonds is 7. The average molecular weight is 306 g/mol. The van der Waals surface area contributed by atoms with Gasteiger partial charge in [0.1, 0.15) is 11.6 Å². The first kappa shape index (κ1) is 16.8. The third-order valence-corrected chi connectivity index (χ3v) is 3.84. The van der Waals surface area contributed by atoms with Crippen molar-refractivity contribution in [2.45, 2.75) is 33.1 Å². The molecule has 5 nitrogen and oxygen atoms in total. The molecule has 2 rings (SSSR count). The fraction of sp³-hybridized carbons (Fsp3) is 0.588. The second kappa shape index (κ2) is 6.67. The number of amidine groups is 1. The lowest BCUT2D eigenvalue weighted by Crippen LogP contribution is -2.26. The Morgan fingerprint density at radius 3 is 2.45 bits per heavy atom. The van der Waals surface area contributed by atoms with Gasteiger partial charge >= 0.3 is 0 Å². The Bertz CT molecular complexity index is 551. The van der Waals surface area contributed by atoms with Crippen molar-refractivity contribution in [3.63, 3.8) is 0 Å². The van der Waals surface area contributed by atoms with E-state index in [4.69, 9.17) is 19.9 Å². The Hall–Kier alpha value is -1.59. The molecule has 0 saturated carbocycles. The molecule has 0 spiro atoms. The van der Waals surface area contributed by atoms with Crippen molar-refractivity contribution in [1.29, 1.82) is 0 Å². The lowest BCUT2D eigenvalue weighted by molar-refractivity contribution is -0.206. The van der Waals surface area contributed by atoms with Gasteiger partial charge in [-0.25, -0.2) is 4.99 Å². The number of methoxy groups -OCH3 is 2. The van der Waals surface area contributed by atoms with Crippen LogP contribution in [0.3, 0.4) is 0 Å². The number of benzene rings is 1. The smallest absolute Gasteiger partial charge is 0.300 e. The van der Waals surface area contributed by atoms with Gasteiger partial charge in [-0.15, -0.1) is 0 Å². The Balaban J connectivity index is 2.13. The fourth-order valence-electron chi connectivity index (χ4n) is 2.89. The van der Waals surface area contributed by atoms with E-state index in [1.807, 2.05) is 18.2 Å². The number of hydrogen-bond donors (Lipinski definition) is 1. The van der Waals surface area contributed by atoms with E-state index in [2.05, 4.69) is 25.8 Å². The molecule has 0 bridgehead atoms. The molecule has 1 aliphatic heterocycles. The number of fused-ring (bicyclic) bond motifs is 1. The molecule has 0 aliphatic carbocycles. The molecule has 122 valence electrons. The molecule has 0 aromatic heterocycles. The summed E-state index contributed by atoms with van der Waals surface area (Å²) in [7, 11) is 3.10. The molecule has 0 saturated heterocycles. The molecule has 22 heavy (non-hydrogen) atoms. The molecular formula is C17H26N2O3. The molecular weight excluding hydrogens is 280 g/mol. The molecule has 1 aliphatic rings. The minimum atomic E-state index is -1.14. The van der Waals surface area contributed by atoms with E-state index in [0.717, 1.165) is 23.3 Å². The van der Waals surface area contributed by atoms with Crippen LogP contribution < -0.4 is 10.5 Å². The van der Waals surface area contributed by atoms with Gasteiger partial charge in [0.2, 0.25) is 0 Å². The number of nitrogens with two attached hydrogens (primary N) is 1. The van der Waals surface area contributed by atoms with Crippen LogP contribution in [-0.2, 0) is 15.4 Å². The minimum absolute atomic E-state index is 0.402. The van der Waals surface area contributed by atoms with Crippen molar-refractivity contribution in [3.05, 3.63) is 29.3 Å². The molecule has 1 atom stereocenters. The molecule has 1 aromatic carbocycles. The lowest BCUT2D eigenvalue weighted by Gasteiger charge is -2.23. The topological polar surface area (TPSA) is 66.1 Å². The van der Waals surface area contributed by atoms with Crippen LogP contribution in [0, 0.1) is 11.8 Å². The van der Waals surface area contributed by atoms with E-state index < -0.39 is 5.91 Å². The third-order valence-electron chi connectivity index (χ3n) is 3.84. The summed E-state index contributed by atoms with van der Waals surface area (Å²) in [5.41, 5.74) is 7.61. The summed E-state index contributed by atoms with van der Waals surface area (Å²) in [4.78, 5) is 4.30. The van der Waals surface area contributed by atoms with Crippen LogP contribution in [0.2, 0.25) is 0 Å². The molecule has 5 heteroatoms. The van der Waals surface area contributed by atoms with Crippen molar-refractivity contribution < 1.29 is 14.2 Å². The highest BCUT2D eigenvalue weighted by Gasteiger charge is 2.40. The summed E-state index contributed by atoms with van der Waals surface area (Å²) in [5.74, 6) is 1.24. The number of aliphatic imine (C=N–C) groups is 1. The van der Waals surface area contributed by atoms with Gasteiger partial charge in [-0.1, -0.05) is 20.8 Å². The zero-order valence-corrected chi connectivity index (χ0v) is 14.1. The van der Waals surface area contributed by atoms with Crippen molar-refractivity contribution in [3.8, 4) is 5.75 Å². The van der Waals surface area contributed by atoms with Crippen molar-refractivity contribution in [1.82, 2.24) is 0 Å². The largest absolute Gasteiger partial charge is 0.493 e. The maximum atomic E-state index is 6.00. The van der Waals surface area contributed by atoms with Crippen LogP contribution in [0.5, 0.6) is 5.75 Å². The van der Waals surface area contributed by atoms with E-state index in [-0.39, 0.29) is 0 Å². The van der Waals surface area contributed by atoms with E-state index >= 15 is 0 Å². The minimum Gasteiger partial charge on any atom is -0.493 e. The van der Waals surface area contributed by atoms with Crippen molar-refractivity contribution >= 4 is 5.84 Å². The monoisotopic (exact) mass is 306 g/mol. The number of nitrogens with zero attached hydrogens (tertiary/aromatic N) is 1. The highest BCUT2D eigenvalue weighted by Crippen LogP contribution is 2.37. The van der Waals surface area contributed by atoms with Crippen LogP contribution in [-0.4, -0.2) is 26.7 Å². The second-order valence-electron chi connectivity index (χ2n) is 6.24.